The lowest BCUT2D eigenvalue weighted by atomic mass is 10.1. The number of thioether (sulfide) groups is 1. The zero-order valence-electron chi connectivity index (χ0n) is 12.8. The number of benzene rings is 1. The molecule has 0 saturated heterocycles. The van der Waals surface area contributed by atoms with Crippen molar-refractivity contribution in [3.8, 4) is 0 Å². The first kappa shape index (κ1) is 16.9. The van der Waals surface area contributed by atoms with Gasteiger partial charge in [-0.25, -0.2) is 0 Å². The molecule has 1 amide bonds. The maximum atomic E-state index is 11.6. The number of nitrogens with one attached hydrogen (secondary N) is 1. The molecule has 4 nitrogen and oxygen atoms in total. The third kappa shape index (κ3) is 4.15. The minimum Gasteiger partial charge on any atom is -0.374 e. The van der Waals surface area contributed by atoms with Gasteiger partial charge in [-0.3, -0.25) is 4.79 Å². The summed E-state index contributed by atoms with van der Waals surface area (Å²) in [6.45, 7) is 5.25. The molecule has 3 N–H and O–H groups in total. The minimum atomic E-state index is -0.0573. The lowest BCUT2D eigenvalue weighted by Crippen LogP contribution is -2.34. The molecule has 20 heavy (non-hydrogen) atoms. The van der Waals surface area contributed by atoms with Crippen LogP contribution < -0.4 is 16.0 Å². The summed E-state index contributed by atoms with van der Waals surface area (Å²) in [6, 6.07) is 6.22. The van der Waals surface area contributed by atoms with E-state index in [0.29, 0.717) is 13.1 Å². The third-order valence-electron chi connectivity index (χ3n) is 3.27. The van der Waals surface area contributed by atoms with E-state index in [1.54, 1.807) is 18.8 Å². The summed E-state index contributed by atoms with van der Waals surface area (Å²) in [5.74, 6) is 1.03. The van der Waals surface area contributed by atoms with Gasteiger partial charge in [0.25, 0.3) is 0 Å². The van der Waals surface area contributed by atoms with E-state index in [1.165, 1.54) is 4.90 Å². The SMILES string of the molecule is CCSc1cccc(N(C)CC(C)C(=O)NC)c1CN. The highest BCUT2D eigenvalue weighted by molar-refractivity contribution is 7.99. The van der Waals surface area contributed by atoms with Crippen molar-refractivity contribution in [3.05, 3.63) is 23.8 Å². The van der Waals surface area contributed by atoms with Gasteiger partial charge in [0.15, 0.2) is 0 Å². The Hall–Kier alpha value is -1.20. The molecule has 0 heterocycles. The van der Waals surface area contributed by atoms with Crippen molar-refractivity contribution >= 4 is 23.4 Å². The molecule has 0 spiro atoms. The van der Waals surface area contributed by atoms with Crippen LogP contribution in [0, 0.1) is 5.92 Å². The number of rotatable bonds is 7. The highest BCUT2D eigenvalue weighted by atomic mass is 32.2. The van der Waals surface area contributed by atoms with Gasteiger partial charge in [0.1, 0.15) is 0 Å². The molecule has 0 radical (unpaired) electrons. The molecule has 0 fully saturated rings. The van der Waals surface area contributed by atoms with E-state index in [9.17, 15) is 4.79 Å². The molecule has 0 aliphatic carbocycles. The van der Waals surface area contributed by atoms with E-state index < -0.39 is 0 Å². The van der Waals surface area contributed by atoms with E-state index >= 15 is 0 Å². The van der Waals surface area contributed by atoms with Crippen molar-refractivity contribution in [2.75, 3.05) is 31.3 Å². The van der Waals surface area contributed by atoms with E-state index in [4.69, 9.17) is 5.73 Å². The van der Waals surface area contributed by atoms with Crippen molar-refractivity contribution in [3.63, 3.8) is 0 Å². The molecule has 1 aromatic carbocycles. The number of hydrogen-bond donors (Lipinski definition) is 2. The second-order valence-corrected chi connectivity index (χ2v) is 6.09. The Labute approximate surface area is 126 Å². The Morgan fingerprint density at radius 2 is 2.20 bits per heavy atom. The molecule has 1 atom stereocenters. The van der Waals surface area contributed by atoms with Gasteiger partial charge in [-0.2, -0.15) is 0 Å². The number of nitrogens with two attached hydrogens (primary N) is 1. The first-order chi connectivity index (χ1) is 9.54. The van der Waals surface area contributed by atoms with Crippen LogP contribution in [0.15, 0.2) is 23.1 Å². The largest absolute Gasteiger partial charge is 0.374 e. The van der Waals surface area contributed by atoms with Gasteiger partial charge in [0.05, 0.1) is 5.92 Å². The predicted molar refractivity (Wildman–Crippen MR) is 87.2 cm³/mol. The molecule has 1 rings (SSSR count). The second kappa shape index (κ2) is 8.17. The van der Waals surface area contributed by atoms with Gasteiger partial charge in [0, 0.05) is 43.3 Å². The fourth-order valence-corrected chi connectivity index (χ4v) is 3.09. The lowest BCUT2D eigenvalue weighted by molar-refractivity contribution is -0.123. The van der Waals surface area contributed by atoms with Crippen LogP contribution in [0.5, 0.6) is 0 Å². The van der Waals surface area contributed by atoms with Gasteiger partial charge >= 0.3 is 0 Å². The van der Waals surface area contributed by atoms with Crippen molar-refractivity contribution < 1.29 is 4.79 Å². The molecule has 1 aromatic rings. The zero-order valence-corrected chi connectivity index (χ0v) is 13.6. The maximum absolute atomic E-state index is 11.6. The average molecular weight is 295 g/mol. The van der Waals surface area contributed by atoms with Crippen molar-refractivity contribution in [2.24, 2.45) is 11.7 Å². The van der Waals surface area contributed by atoms with Crippen LogP contribution in [-0.2, 0) is 11.3 Å². The summed E-state index contributed by atoms with van der Waals surface area (Å²) in [6.07, 6.45) is 0. The number of amides is 1. The number of carbonyl (C=O) groups excluding carboxylic acids is 1. The van der Waals surface area contributed by atoms with Crippen LogP contribution >= 0.6 is 11.8 Å². The van der Waals surface area contributed by atoms with Crippen LogP contribution in [0.4, 0.5) is 5.69 Å². The molecule has 5 heteroatoms. The molecule has 0 aliphatic rings. The van der Waals surface area contributed by atoms with Gasteiger partial charge in [-0.15, -0.1) is 11.8 Å². The van der Waals surface area contributed by atoms with Crippen LogP contribution in [0.3, 0.4) is 0 Å². The summed E-state index contributed by atoms with van der Waals surface area (Å²) in [4.78, 5) is 15.0. The summed E-state index contributed by atoms with van der Waals surface area (Å²) < 4.78 is 0. The standard InChI is InChI=1S/C15H25N3OS/c1-5-20-14-8-6-7-13(12(14)9-16)18(4)10-11(2)15(19)17-3/h6-8,11H,5,9-10,16H2,1-4H3,(H,17,19). The van der Waals surface area contributed by atoms with E-state index in [0.717, 1.165) is 17.0 Å². The van der Waals surface area contributed by atoms with Crippen LogP contribution in [0.2, 0.25) is 0 Å². The maximum Gasteiger partial charge on any atom is 0.224 e. The highest BCUT2D eigenvalue weighted by Crippen LogP contribution is 2.30. The molecule has 0 bridgehead atoms. The molecule has 112 valence electrons. The Morgan fingerprint density at radius 3 is 2.75 bits per heavy atom. The van der Waals surface area contributed by atoms with Crippen molar-refractivity contribution in [2.45, 2.75) is 25.3 Å². The Kier molecular flexibility index (Phi) is 6.88. The molecule has 1 unspecified atom stereocenters. The molecule has 0 saturated carbocycles. The fourth-order valence-electron chi connectivity index (χ4n) is 2.25. The van der Waals surface area contributed by atoms with Crippen molar-refractivity contribution in [1.82, 2.24) is 5.32 Å². The van der Waals surface area contributed by atoms with Crippen LogP contribution in [-0.4, -0.2) is 32.3 Å². The smallest absolute Gasteiger partial charge is 0.224 e. The third-order valence-corrected chi connectivity index (χ3v) is 4.25. The van der Waals surface area contributed by atoms with E-state index in [2.05, 4.69) is 29.3 Å². The molecule has 0 aromatic heterocycles. The zero-order chi connectivity index (χ0) is 15.1. The van der Waals surface area contributed by atoms with Gasteiger partial charge in [-0.05, 0) is 17.9 Å². The summed E-state index contributed by atoms with van der Waals surface area (Å²) in [7, 11) is 3.68. The Balaban J connectivity index is 2.94. The predicted octanol–water partition coefficient (Wildman–Crippen LogP) is 2.08. The summed E-state index contributed by atoms with van der Waals surface area (Å²) in [5.41, 5.74) is 8.19. The first-order valence-electron chi connectivity index (χ1n) is 6.92. The average Bonchev–Trinajstić information content (AvgIpc) is 2.46. The van der Waals surface area contributed by atoms with Crippen molar-refractivity contribution in [1.29, 1.82) is 0 Å². The number of hydrogen-bond acceptors (Lipinski definition) is 4. The molecule has 0 aliphatic heterocycles. The highest BCUT2D eigenvalue weighted by Gasteiger charge is 2.16. The van der Waals surface area contributed by atoms with Gasteiger partial charge in [-0.1, -0.05) is 19.9 Å². The normalized spacial score (nSPS) is 12.1. The van der Waals surface area contributed by atoms with Crippen LogP contribution in [0.25, 0.3) is 0 Å². The summed E-state index contributed by atoms with van der Waals surface area (Å²) in [5, 5.41) is 2.69. The monoisotopic (exact) mass is 295 g/mol. The topological polar surface area (TPSA) is 58.4 Å². The molecular weight excluding hydrogens is 270 g/mol. The minimum absolute atomic E-state index is 0.0573. The second-order valence-electron chi connectivity index (χ2n) is 4.79. The van der Waals surface area contributed by atoms with E-state index in [-0.39, 0.29) is 11.8 Å². The molecular formula is C15H25N3OS. The first-order valence-corrected chi connectivity index (χ1v) is 7.91. The fraction of sp³-hybridized carbons (Fsp3) is 0.533. The van der Waals surface area contributed by atoms with Crippen LogP contribution in [0.1, 0.15) is 19.4 Å². The van der Waals surface area contributed by atoms with E-state index in [1.807, 2.05) is 20.0 Å². The quantitative estimate of drug-likeness (QED) is 0.756. The number of carbonyl (C=O) groups is 1. The lowest BCUT2D eigenvalue weighted by Gasteiger charge is -2.26. The van der Waals surface area contributed by atoms with Gasteiger partial charge < -0.3 is 16.0 Å². The number of anilines is 1. The van der Waals surface area contributed by atoms with Gasteiger partial charge in [0.2, 0.25) is 5.91 Å². The number of nitrogens with zero attached hydrogens (tertiary/aromatic N) is 1. The Bertz CT molecular complexity index is 451. The Morgan fingerprint density at radius 1 is 1.50 bits per heavy atom. The summed E-state index contributed by atoms with van der Waals surface area (Å²) >= 11 is 1.80.